The highest BCUT2D eigenvalue weighted by atomic mass is 15.3. The van der Waals surface area contributed by atoms with Crippen LogP contribution in [0.15, 0.2) is 243 Å². The molecule has 0 aliphatic heterocycles. The molecule has 15 rings (SSSR count). The minimum atomic E-state index is 0.528. The van der Waals surface area contributed by atoms with Gasteiger partial charge in [-0.3, -0.25) is 9.13 Å². The van der Waals surface area contributed by atoms with Crippen LogP contribution in [0.4, 0.5) is 0 Å². The first-order valence-corrected chi connectivity index (χ1v) is 24.1. The predicted molar refractivity (Wildman–Crippen MR) is 294 cm³/mol. The van der Waals surface area contributed by atoms with Crippen LogP contribution in [-0.2, 0) is 0 Å². The molecule has 6 heteroatoms. The summed E-state index contributed by atoms with van der Waals surface area (Å²) in [4.78, 5) is 16.9. The molecule has 0 radical (unpaired) electrons. The number of fused-ring (bicyclic) bond motifs is 14. The number of aromatic nitrogens is 6. The lowest BCUT2D eigenvalue weighted by Gasteiger charge is -2.16. The van der Waals surface area contributed by atoms with Crippen molar-refractivity contribution in [3.63, 3.8) is 0 Å². The molecule has 0 saturated heterocycles. The smallest absolute Gasteiger partial charge is 0.240 e. The third-order valence-electron chi connectivity index (χ3n) is 14.5. The maximum absolute atomic E-state index is 5.74. The van der Waals surface area contributed by atoms with E-state index in [0.717, 1.165) is 98.9 Å². The van der Waals surface area contributed by atoms with Crippen molar-refractivity contribution in [2.45, 2.75) is 0 Å². The SMILES string of the molecule is c1ccc(-c2ccc(-c3nc(-n4c5ccccc5c5ccc6c7ccccc7cc(-c7ccccc7)c6c54)nc(-n4c5ccccc5c5ccc6c7ccccc7n(-c7ccccc7)c6c54)n3)cc2)cc1. The first-order chi connectivity index (χ1) is 35.2. The van der Waals surface area contributed by atoms with E-state index < -0.39 is 0 Å². The van der Waals surface area contributed by atoms with Crippen LogP contribution in [0, 0.1) is 0 Å². The summed E-state index contributed by atoms with van der Waals surface area (Å²) in [7, 11) is 0. The van der Waals surface area contributed by atoms with Gasteiger partial charge in [0.1, 0.15) is 0 Å². The molecule has 330 valence electrons. The molecule has 0 amide bonds. The highest BCUT2D eigenvalue weighted by Gasteiger charge is 2.26. The second-order valence-corrected chi connectivity index (χ2v) is 18.3. The fraction of sp³-hybridized carbons (Fsp3) is 0. The topological polar surface area (TPSA) is 53.5 Å². The molecular formula is C65H40N6. The van der Waals surface area contributed by atoms with Crippen molar-refractivity contribution in [2.75, 3.05) is 0 Å². The second-order valence-electron chi connectivity index (χ2n) is 18.3. The van der Waals surface area contributed by atoms with Crippen molar-refractivity contribution < 1.29 is 0 Å². The number of para-hydroxylation sites is 4. The molecular weight excluding hydrogens is 865 g/mol. The first-order valence-electron chi connectivity index (χ1n) is 24.1. The summed E-state index contributed by atoms with van der Waals surface area (Å²) in [6, 6.07) is 86.8. The van der Waals surface area contributed by atoms with Crippen molar-refractivity contribution in [3.05, 3.63) is 243 Å². The maximum atomic E-state index is 5.74. The molecule has 0 fully saturated rings. The second kappa shape index (κ2) is 15.4. The van der Waals surface area contributed by atoms with Crippen molar-refractivity contribution in [1.29, 1.82) is 0 Å². The number of benzene rings is 11. The highest BCUT2D eigenvalue weighted by Crippen LogP contribution is 2.45. The molecule has 0 atom stereocenters. The molecule has 0 spiro atoms. The maximum Gasteiger partial charge on any atom is 0.240 e. The largest absolute Gasteiger partial charge is 0.307 e. The Hall–Kier alpha value is -9.65. The van der Waals surface area contributed by atoms with Crippen molar-refractivity contribution in [3.8, 4) is 51.2 Å². The van der Waals surface area contributed by atoms with Crippen LogP contribution in [0.2, 0.25) is 0 Å². The van der Waals surface area contributed by atoms with E-state index in [-0.39, 0.29) is 0 Å². The van der Waals surface area contributed by atoms with Crippen LogP contribution in [-0.4, -0.2) is 28.7 Å². The Labute approximate surface area is 407 Å². The van der Waals surface area contributed by atoms with Gasteiger partial charge in [0.05, 0.1) is 33.1 Å². The minimum absolute atomic E-state index is 0.528. The summed E-state index contributed by atoms with van der Waals surface area (Å²) in [5, 5.41) is 11.5. The van der Waals surface area contributed by atoms with E-state index in [4.69, 9.17) is 15.0 Å². The minimum Gasteiger partial charge on any atom is -0.307 e. The van der Waals surface area contributed by atoms with Gasteiger partial charge in [0, 0.05) is 49.0 Å². The van der Waals surface area contributed by atoms with Gasteiger partial charge in [-0.25, -0.2) is 0 Å². The molecule has 6 nitrogen and oxygen atoms in total. The molecule has 71 heavy (non-hydrogen) atoms. The first kappa shape index (κ1) is 39.4. The van der Waals surface area contributed by atoms with Gasteiger partial charge >= 0.3 is 0 Å². The average molecular weight is 905 g/mol. The van der Waals surface area contributed by atoms with Crippen LogP contribution < -0.4 is 0 Å². The van der Waals surface area contributed by atoms with Crippen LogP contribution in [0.25, 0.3) is 138 Å². The summed E-state index contributed by atoms with van der Waals surface area (Å²) in [5.41, 5.74) is 12.8. The zero-order valence-corrected chi connectivity index (χ0v) is 38.3. The Morgan fingerprint density at radius 1 is 0.268 bits per heavy atom. The van der Waals surface area contributed by atoms with E-state index in [2.05, 4.69) is 256 Å². The Kier molecular flexibility index (Phi) is 8.56. The summed E-state index contributed by atoms with van der Waals surface area (Å²) in [5.74, 6) is 1.64. The lowest BCUT2D eigenvalue weighted by molar-refractivity contribution is 0.894. The Balaban J connectivity index is 1.11. The van der Waals surface area contributed by atoms with Crippen molar-refractivity contribution >= 4 is 87.0 Å². The summed E-state index contributed by atoms with van der Waals surface area (Å²) < 4.78 is 6.99. The van der Waals surface area contributed by atoms with E-state index in [0.29, 0.717) is 17.7 Å². The molecule has 15 aromatic rings. The number of hydrogen-bond acceptors (Lipinski definition) is 3. The zero-order valence-electron chi connectivity index (χ0n) is 38.3. The highest BCUT2D eigenvalue weighted by molar-refractivity contribution is 6.27. The van der Waals surface area contributed by atoms with E-state index in [1.807, 2.05) is 0 Å². The summed E-state index contributed by atoms with van der Waals surface area (Å²) >= 11 is 0. The Morgan fingerprint density at radius 2 is 0.690 bits per heavy atom. The Bertz CT molecular complexity index is 4610. The molecule has 0 aliphatic carbocycles. The Morgan fingerprint density at radius 3 is 1.30 bits per heavy atom. The van der Waals surface area contributed by atoms with Gasteiger partial charge in [0.15, 0.2) is 5.82 Å². The fourth-order valence-corrected chi connectivity index (χ4v) is 11.4. The van der Waals surface area contributed by atoms with Crippen LogP contribution in [0.3, 0.4) is 0 Å². The van der Waals surface area contributed by atoms with Gasteiger partial charge in [0.25, 0.3) is 0 Å². The molecule has 0 saturated carbocycles. The normalized spacial score (nSPS) is 11.9. The third kappa shape index (κ3) is 5.92. The number of rotatable bonds is 6. The van der Waals surface area contributed by atoms with Crippen LogP contribution in [0.5, 0.6) is 0 Å². The fourth-order valence-electron chi connectivity index (χ4n) is 11.4. The number of hydrogen-bond donors (Lipinski definition) is 0. The van der Waals surface area contributed by atoms with Gasteiger partial charge in [-0.15, -0.1) is 0 Å². The van der Waals surface area contributed by atoms with E-state index in [9.17, 15) is 0 Å². The molecule has 4 heterocycles. The molecule has 0 bridgehead atoms. The molecule has 0 unspecified atom stereocenters. The summed E-state index contributed by atoms with van der Waals surface area (Å²) in [6.45, 7) is 0. The van der Waals surface area contributed by atoms with E-state index >= 15 is 0 Å². The molecule has 11 aromatic carbocycles. The standard InChI is InChI=1S/C65H40N6/c1-4-18-41(19-5-1)42-32-34-44(35-33-42)63-66-64(70-57-30-16-13-26-48(57)52-37-36-51-47-25-11-10-22-45(47)40-55(59(51)60(52)70)43-20-6-2-7-21-43)68-65(67-63)71-58-31-17-14-28-50(58)54-39-38-53-49-27-12-15-29-56(49)69(61(53)62(54)71)46-23-8-3-9-24-46/h1-40H. The monoisotopic (exact) mass is 904 g/mol. The average Bonchev–Trinajstić information content (AvgIpc) is 4.10. The number of nitrogens with zero attached hydrogens (tertiary/aromatic N) is 6. The van der Waals surface area contributed by atoms with Crippen LogP contribution in [0.1, 0.15) is 0 Å². The van der Waals surface area contributed by atoms with Gasteiger partial charge in [0.2, 0.25) is 11.9 Å². The van der Waals surface area contributed by atoms with Gasteiger partial charge in [-0.2, -0.15) is 15.0 Å². The lowest BCUT2D eigenvalue weighted by atomic mass is 9.92. The quantitative estimate of drug-likeness (QED) is 0.156. The van der Waals surface area contributed by atoms with Crippen molar-refractivity contribution in [1.82, 2.24) is 28.7 Å². The van der Waals surface area contributed by atoms with Crippen LogP contribution >= 0.6 is 0 Å². The van der Waals surface area contributed by atoms with E-state index in [1.165, 1.54) is 21.5 Å². The molecule has 0 N–H and O–H groups in total. The summed E-state index contributed by atoms with van der Waals surface area (Å²) in [6.07, 6.45) is 0. The van der Waals surface area contributed by atoms with Gasteiger partial charge < -0.3 is 4.57 Å². The molecule has 4 aromatic heterocycles. The van der Waals surface area contributed by atoms with Crippen molar-refractivity contribution in [2.24, 2.45) is 0 Å². The van der Waals surface area contributed by atoms with Gasteiger partial charge in [-0.1, -0.05) is 206 Å². The third-order valence-corrected chi connectivity index (χ3v) is 14.5. The molecule has 0 aliphatic rings. The predicted octanol–water partition coefficient (Wildman–Crippen LogP) is 16.5. The van der Waals surface area contributed by atoms with E-state index in [1.54, 1.807) is 0 Å². The lowest BCUT2D eigenvalue weighted by Crippen LogP contribution is -2.11. The van der Waals surface area contributed by atoms with Gasteiger partial charge in [-0.05, 0) is 74.8 Å². The zero-order chi connectivity index (χ0) is 46.6.